The summed E-state index contributed by atoms with van der Waals surface area (Å²) in [6.45, 7) is 8.49. The van der Waals surface area contributed by atoms with Crippen molar-refractivity contribution in [3.05, 3.63) is 46.0 Å². The Morgan fingerprint density at radius 2 is 1.72 bits per heavy atom. The number of halogens is 2. The van der Waals surface area contributed by atoms with E-state index in [1.165, 1.54) is 0 Å². The first-order valence-corrected chi connectivity index (χ1v) is 9.26. The summed E-state index contributed by atoms with van der Waals surface area (Å²) < 4.78 is 0. The van der Waals surface area contributed by atoms with Crippen LogP contribution in [0.4, 0.5) is 0 Å². The molecule has 29 heavy (non-hydrogen) atoms. The lowest BCUT2D eigenvalue weighted by Crippen LogP contribution is -2.42. The summed E-state index contributed by atoms with van der Waals surface area (Å²) >= 11 is 11.8. The molecule has 4 N–H and O–H groups in total. The van der Waals surface area contributed by atoms with Gasteiger partial charge in [-0.2, -0.15) is 0 Å². The van der Waals surface area contributed by atoms with E-state index in [4.69, 9.17) is 38.3 Å². The SMILES string of the molecule is C/C(=N\OCC(O)CNC(C)(C)C)c1ccc(Cl)c(Cl)c1.O=C(O)/C=C\C(=O)O. The number of nitrogens with zero attached hydrogens (tertiary/aromatic N) is 1. The minimum atomic E-state index is -1.26. The molecular formula is C19H26Cl2N2O6. The summed E-state index contributed by atoms with van der Waals surface area (Å²) in [5, 5.41) is 33.5. The van der Waals surface area contributed by atoms with Gasteiger partial charge in [-0.1, -0.05) is 34.4 Å². The van der Waals surface area contributed by atoms with Crippen LogP contribution in [0, 0.1) is 0 Å². The van der Waals surface area contributed by atoms with Crippen LogP contribution in [0.3, 0.4) is 0 Å². The number of rotatable bonds is 8. The number of carbonyl (C=O) groups is 2. The number of hydrogen-bond acceptors (Lipinski definition) is 6. The molecule has 1 aromatic rings. The molecule has 0 radical (unpaired) electrons. The Labute approximate surface area is 179 Å². The summed E-state index contributed by atoms with van der Waals surface area (Å²) in [6, 6.07) is 5.25. The molecule has 1 unspecified atom stereocenters. The molecule has 0 aromatic heterocycles. The molecule has 0 heterocycles. The predicted molar refractivity (Wildman–Crippen MR) is 113 cm³/mol. The van der Waals surface area contributed by atoms with Crippen LogP contribution >= 0.6 is 23.2 Å². The van der Waals surface area contributed by atoms with E-state index >= 15 is 0 Å². The number of oxime groups is 1. The monoisotopic (exact) mass is 448 g/mol. The number of carboxylic acid groups (broad SMARTS) is 2. The second kappa shape index (κ2) is 13.2. The maximum Gasteiger partial charge on any atom is 0.328 e. The zero-order chi connectivity index (χ0) is 22.6. The second-order valence-corrected chi connectivity index (χ2v) is 7.71. The molecule has 1 aromatic carbocycles. The van der Waals surface area contributed by atoms with Gasteiger partial charge in [0.15, 0.2) is 0 Å². The smallest absolute Gasteiger partial charge is 0.328 e. The van der Waals surface area contributed by atoms with Gasteiger partial charge < -0.3 is 25.5 Å². The maximum absolute atomic E-state index is 9.78. The zero-order valence-corrected chi connectivity index (χ0v) is 18.2. The average Bonchev–Trinajstić information content (AvgIpc) is 2.60. The van der Waals surface area contributed by atoms with Crippen molar-refractivity contribution in [3.8, 4) is 0 Å². The number of carboxylic acids is 2. The number of benzene rings is 1. The molecule has 8 nitrogen and oxygen atoms in total. The van der Waals surface area contributed by atoms with Gasteiger partial charge >= 0.3 is 11.9 Å². The third-order valence-electron chi connectivity index (χ3n) is 3.04. The van der Waals surface area contributed by atoms with Gasteiger partial charge in [0.2, 0.25) is 0 Å². The zero-order valence-electron chi connectivity index (χ0n) is 16.6. The van der Waals surface area contributed by atoms with Gasteiger partial charge in [0.1, 0.15) is 12.7 Å². The third-order valence-corrected chi connectivity index (χ3v) is 3.78. The van der Waals surface area contributed by atoms with Crippen LogP contribution < -0.4 is 5.32 Å². The van der Waals surface area contributed by atoms with Crippen molar-refractivity contribution in [2.24, 2.45) is 5.16 Å². The Morgan fingerprint density at radius 3 is 2.17 bits per heavy atom. The van der Waals surface area contributed by atoms with Crippen LogP contribution in [0.25, 0.3) is 0 Å². The average molecular weight is 449 g/mol. The Morgan fingerprint density at radius 1 is 1.17 bits per heavy atom. The van der Waals surface area contributed by atoms with Crippen LogP contribution in [0.2, 0.25) is 10.0 Å². The molecule has 1 atom stereocenters. The van der Waals surface area contributed by atoms with Crippen molar-refractivity contribution in [1.29, 1.82) is 0 Å². The number of aliphatic carboxylic acids is 2. The molecule has 0 saturated carbocycles. The lowest BCUT2D eigenvalue weighted by atomic mass is 10.1. The fourth-order valence-corrected chi connectivity index (χ4v) is 1.92. The van der Waals surface area contributed by atoms with Crippen molar-refractivity contribution in [2.75, 3.05) is 13.2 Å². The number of aliphatic hydroxyl groups is 1. The van der Waals surface area contributed by atoms with E-state index in [0.29, 0.717) is 34.5 Å². The highest BCUT2D eigenvalue weighted by atomic mass is 35.5. The predicted octanol–water partition coefficient (Wildman–Crippen LogP) is 3.19. The second-order valence-electron chi connectivity index (χ2n) is 6.90. The van der Waals surface area contributed by atoms with Crippen LogP contribution in [-0.4, -0.2) is 57.8 Å². The van der Waals surface area contributed by atoms with Crippen molar-refractivity contribution >= 4 is 40.9 Å². The Balaban J connectivity index is 0.000000828. The first kappa shape index (κ1) is 26.9. The van der Waals surface area contributed by atoms with Gasteiger partial charge in [-0.15, -0.1) is 0 Å². The summed E-state index contributed by atoms with van der Waals surface area (Å²) in [5.74, 6) is -2.51. The van der Waals surface area contributed by atoms with Gasteiger partial charge in [-0.05, 0) is 39.8 Å². The van der Waals surface area contributed by atoms with Crippen LogP contribution in [0.5, 0.6) is 0 Å². The fraction of sp³-hybridized carbons (Fsp3) is 0.421. The molecule has 10 heteroatoms. The van der Waals surface area contributed by atoms with E-state index in [1.54, 1.807) is 19.1 Å². The highest BCUT2D eigenvalue weighted by Crippen LogP contribution is 2.22. The van der Waals surface area contributed by atoms with E-state index in [0.717, 1.165) is 5.56 Å². The van der Waals surface area contributed by atoms with Crippen molar-refractivity contribution in [3.63, 3.8) is 0 Å². The molecule has 0 spiro atoms. The standard InChI is InChI=1S/C15H22Cl2N2O2.C4H4O4/c1-10(11-5-6-13(16)14(17)7-11)19-21-9-12(20)8-18-15(2,3)4;5-3(6)1-2-4(7)8/h5-7,12,18,20H,8-9H2,1-4H3;1-2H,(H,5,6)(H,7,8)/b19-10+;2-1-. The molecule has 162 valence electrons. The van der Waals surface area contributed by atoms with Gasteiger partial charge in [0.05, 0.1) is 15.8 Å². The van der Waals surface area contributed by atoms with E-state index < -0.39 is 18.0 Å². The number of aliphatic hydroxyl groups excluding tert-OH is 1. The Bertz CT molecular complexity index is 729. The highest BCUT2D eigenvalue weighted by molar-refractivity contribution is 6.42. The molecule has 1 rings (SSSR count). The summed E-state index contributed by atoms with van der Waals surface area (Å²) in [6.07, 6.45) is 0.500. The fourth-order valence-electron chi connectivity index (χ4n) is 1.62. The van der Waals surface area contributed by atoms with Gasteiger partial charge in [0, 0.05) is 29.8 Å². The minimum Gasteiger partial charge on any atom is -0.478 e. The Hall–Kier alpha value is -2.13. The highest BCUT2D eigenvalue weighted by Gasteiger charge is 2.12. The molecule has 0 fully saturated rings. The topological polar surface area (TPSA) is 128 Å². The van der Waals surface area contributed by atoms with Crippen LogP contribution in [0.1, 0.15) is 33.3 Å². The van der Waals surface area contributed by atoms with Gasteiger partial charge in [-0.3, -0.25) is 0 Å². The van der Waals surface area contributed by atoms with E-state index in [-0.39, 0.29) is 12.1 Å². The van der Waals surface area contributed by atoms with Crippen LogP contribution in [-0.2, 0) is 14.4 Å². The summed E-state index contributed by atoms with van der Waals surface area (Å²) in [5.41, 5.74) is 1.46. The number of hydrogen-bond donors (Lipinski definition) is 4. The normalized spacial score (nSPS) is 12.9. The minimum absolute atomic E-state index is 0.0414. The van der Waals surface area contributed by atoms with Crippen LogP contribution in [0.15, 0.2) is 35.5 Å². The molecule has 0 bridgehead atoms. The molecule has 0 aliphatic heterocycles. The number of nitrogens with one attached hydrogen (secondary N) is 1. The summed E-state index contributed by atoms with van der Waals surface area (Å²) in [4.78, 5) is 24.3. The molecule has 0 aliphatic carbocycles. The van der Waals surface area contributed by atoms with E-state index in [1.807, 2.05) is 26.8 Å². The first-order valence-electron chi connectivity index (χ1n) is 8.51. The van der Waals surface area contributed by atoms with E-state index in [2.05, 4.69) is 10.5 Å². The maximum atomic E-state index is 9.78. The summed E-state index contributed by atoms with van der Waals surface area (Å²) in [7, 11) is 0. The molecular weight excluding hydrogens is 423 g/mol. The van der Waals surface area contributed by atoms with Crippen molar-refractivity contribution < 1.29 is 29.7 Å². The quantitative estimate of drug-likeness (QED) is 0.273. The van der Waals surface area contributed by atoms with Crippen molar-refractivity contribution in [1.82, 2.24) is 5.32 Å². The van der Waals surface area contributed by atoms with E-state index in [9.17, 15) is 14.7 Å². The van der Waals surface area contributed by atoms with Gasteiger partial charge in [0.25, 0.3) is 0 Å². The first-order chi connectivity index (χ1) is 13.3. The van der Waals surface area contributed by atoms with Gasteiger partial charge in [-0.25, -0.2) is 9.59 Å². The largest absolute Gasteiger partial charge is 0.478 e. The molecule has 0 saturated heterocycles. The molecule has 0 aliphatic rings. The Kier molecular flexibility index (Phi) is 12.2. The molecule has 0 amide bonds. The number of β-amino-alcohol motifs (C(OH)–C–C–N with tert-alkyl or cyclic N) is 1. The lowest BCUT2D eigenvalue weighted by Gasteiger charge is -2.22. The third kappa shape index (κ3) is 14.5. The lowest BCUT2D eigenvalue weighted by molar-refractivity contribution is -0.134. The van der Waals surface area contributed by atoms with Crippen molar-refractivity contribution in [2.45, 2.75) is 39.3 Å².